The van der Waals surface area contributed by atoms with E-state index in [0.717, 1.165) is 17.6 Å². The van der Waals surface area contributed by atoms with Gasteiger partial charge in [-0.05, 0) is 30.9 Å². The Balaban J connectivity index is 2.92. The van der Waals surface area contributed by atoms with Gasteiger partial charge in [0.25, 0.3) is 0 Å². The van der Waals surface area contributed by atoms with Crippen molar-refractivity contribution in [1.29, 1.82) is 0 Å². The second-order valence-corrected chi connectivity index (χ2v) is 4.45. The van der Waals surface area contributed by atoms with Crippen molar-refractivity contribution in [3.05, 3.63) is 47.7 Å². The summed E-state index contributed by atoms with van der Waals surface area (Å²) in [5, 5.41) is 0. The molecule has 0 aromatic heterocycles. The maximum Gasteiger partial charge on any atom is 0.310 e. The van der Waals surface area contributed by atoms with Gasteiger partial charge in [0.15, 0.2) is 0 Å². The molecule has 0 spiro atoms. The molecule has 2 nitrogen and oxygen atoms in total. The van der Waals surface area contributed by atoms with E-state index in [2.05, 4.69) is 31.7 Å². The Labute approximate surface area is 115 Å². The first-order valence-electron chi connectivity index (χ1n) is 6.85. The monoisotopic (exact) mass is 258 g/mol. The molecule has 1 aromatic carbocycles. The molecule has 1 unspecified atom stereocenters. The normalized spacial score (nSPS) is 11.3. The quantitative estimate of drug-likeness (QED) is 0.564. The van der Waals surface area contributed by atoms with Crippen LogP contribution in [0.2, 0.25) is 0 Å². The molecule has 0 saturated carbocycles. The molecule has 0 radical (unpaired) electrons. The van der Waals surface area contributed by atoms with Gasteiger partial charge in [0, 0.05) is 5.57 Å². The molecule has 2 heteroatoms. The van der Waals surface area contributed by atoms with E-state index in [-0.39, 0.29) is 12.4 Å². The number of esters is 1. The molecule has 0 saturated heterocycles. The van der Waals surface area contributed by atoms with E-state index in [1.54, 1.807) is 6.08 Å². The minimum absolute atomic E-state index is 0.202. The average Bonchev–Trinajstić information content (AvgIpc) is 2.44. The standard InChI is InChI=1S/C17H22O2/c1-4-14(3)16(15-10-7-6-8-11-15)12-9-13-17(18)19-5-2/h6-11,14H,4-5,13H2,1-3H3. The lowest BCUT2D eigenvalue weighted by atomic mass is 9.92. The molecule has 1 atom stereocenters. The van der Waals surface area contributed by atoms with E-state index in [4.69, 9.17) is 4.74 Å². The number of hydrogen-bond acceptors (Lipinski definition) is 2. The summed E-state index contributed by atoms with van der Waals surface area (Å²) in [5.41, 5.74) is 5.58. The van der Waals surface area contributed by atoms with Crippen molar-refractivity contribution in [3.63, 3.8) is 0 Å². The number of carbonyl (C=O) groups excluding carboxylic acids is 1. The second-order valence-electron chi connectivity index (χ2n) is 4.45. The number of rotatable bonds is 6. The summed E-state index contributed by atoms with van der Waals surface area (Å²) in [7, 11) is 0. The van der Waals surface area contributed by atoms with Crippen LogP contribution in [0.1, 0.15) is 39.2 Å². The molecular formula is C17H22O2. The van der Waals surface area contributed by atoms with Gasteiger partial charge in [-0.1, -0.05) is 44.2 Å². The van der Waals surface area contributed by atoms with Gasteiger partial charge >= 0.3 is 5.97 Å². The van der Waals surface area contributed by atoms with Crippen molar-refractivity contribution in [2.75, 3.05) is 6.61 Å². The van der Waals surface area contributed by atoms with Gasteiger partial charge < -0.3 is 4.74 Å². The van der Waals surface area contributed by atoms with Crippen LogP contribution in [0.5, 0.6) is 0 Å². The predicted octanol–water partition coefficient (Wildman–Crippen LogP) is 4.22. The molecule has 102 valence electrons. The predicted molar refractivity (Wildman–Crippen MR) is 78.6 cm³/mol. The summed E-state index contributed by atoms with van der Waals surface area (Å²) in [4.78, 5) is 11.3. The fourth-order valence-electron chi connectivity index (χ4n) is 1.80. The molecule has 1 aromatic rings. The highest BCUT2D eigenvalue weighted by Gasteiger charge is 2.08. The molecule has 0 N–H and O–H groups in total. The Bertz CT molecular complexity index is 453. The van der Waals surface area contributed by atoms with E-state index in [1.807, 2.05) is 25.1 Å². The first kappa shape index (κ1) is 15.3. The Morgan fingerprint density at radius 3 is 2.58 bits per heavy atom. The van der Waals surface area contributed by atoms with Gasteiger partial charge in [-0.15, -0.1) is 5.73 Å². The smallest absolute Gasteiger partial charge is 0.310 e. The van der Waals surface area contributed by atoms with Crippen LogP contribution < -0.4 is 0 Å². The van der Waals surface area contributed by atoms with E-state index in [9.17, 15) is 4.79 Å². The van der Waals surface area contributed by atoms with Crippen molar-refractivity contribution in [2.24, 2.45) is 5.92 Å². The van der Waals surface area contributed by atoms with Crippen LogP contribution in [-0.2, 0) is 9.53 Å². The maximum atomic E-state index is 11.3. The Morgan fingerprint density at radius 2 is 2.00 bits per heavy atom. The molecule has 0 fully saturated rings. The fourth-order valence-corrected chi connectivity index (χ4v) is 1.80. The van der Waals surface area contributed by atoms with Gasteiger partial charge in [0.2, 0.25) is 0 Å². The highest BCUT2D eigenvalue weighted by molar-refractivity contribution is 5.72. The zero-order valence-corrected chi connectivity index (χ0v) is 12.0. The van der Waals surface area contributed by atoms with E-state index in [1.165, 1.54) is 0 Å². The third-order valence-corrected chi connectivity index (χ3v) is 3.02. The summed E-state index contributed by atoms with van der Waals surface area (Å²) in [6.45, 7) is 6.56. The van der Waals surface area contributed by atoms with Gasteiger partial charge in [-0.25, -0.2) is 0 Å². The van der Waals surface area contributed by atoms with Gasteiger partial charge in [0.05, 0.1) is 13.0 Å². The second kappa shape index (κ2) is 8.34. The molecule has 0 bridgehead atoms. The number of ether oxygens (including phenoxy) is 1. The number of benzene rings is 1. The van der Waals surface area contributed by atoms with Crippen LogP contribution in [0, 0.1) is 5.92 Å². The lowest BCUT2D eigenvalue weighted by Gasteiger charge is -2.11. The van der Waals surface area contributed by atoms with Crippen molar-refractivity contribution in [2.45, 2.75) is 33.6 Å². The molecule has 0 aliphatic heterocycles. The zero-order chi connectivity index (χ0) is 14.1. The molecule has 0 aliphatic carbocycles. The van der Waals surface area contributed by atoms with Crippen LogP contribution in [-0.4, -0.2) is 12.6 Å². The van der Waals surface area contributed by atoms with Crippen LogP contribution >= 0.6 is 0 Å². The minimum Gasteiger partial charge on any atom is -0.466 e. The highest BCUT2D eigenvalue weighted by Crippen LogP contribution is 2.24. The molecule has 0 amide bonds. The Morgan fingerprint density at radius 1 is 1.32 bits per heavy atom. The summed E-state index contributed by atoms with van der Waals surface area (Å²) >= 11 is 0. The van der Waals surface area contributed by atoms with Crippen LogP contribution in [0.3, 0.4) is 0 Å². The molecule has 1 rings (SSSR count). The maximum absolute atomic E-state index is 11.3. The minimum atomic E-state index is -0.202. The van der Waals surface area contributed by atoms with E-state index < -0.39 is 0 Å². The highest BCUT2D eigenvalue weighted by atomic mass is 16.5. The van der Waals surface area contributed by atoms with Crippen molar-refractivity contribution < 1.29 is 9.53 Å². The van der Waals surface area contributed by atoms with Crippen molar-refractivity contribution in [3.8, 4) is 0 Å². The van der Waals surface area contributed by atoms with Crippen molar-refractivity contribution in [1.82, 2.24) is 0 Å². The third-order valence-electron chi connectivity index (χ3n) is 3.02. The van der Waals surface area contributed by atoms with Gasteiger partial charge in [-0.3, -0.25) is 4.79 Å². The Kier molecular flexibility index (Phi) is 6.70. The Hall–Kier alpha value is -1.79. The summed E-state index contributed by atoms with van der Waals surface area (Å²) in [5.74, 6) is 0.215. The lowest BCUT2D eigenvalue weighted by molar-refractivity contribution is -0.142. The third kappa shape index (κ3) is 5.15. The number of hydrogen-bond donors (Lipinski definition) is 0. The topological polar surface area (TPSA) is 26.3 Å². The first-order valence-corrected chi connectivity index (χ1v) is 6.85. The zero-order valence-electron chi connectivity index (χ0n) is 12.0. The van der Waals surface area contributed by atoms with Gasteiger partial charge in [0.1, 0.15) is 0 Å². The van der Waals surface area contributed by atoms with Crippen LogP contribution in [0.25, 0.3) is 5.57 Å². The van der Waals surface area contributed by atoms with Gasteiger partial charge in [-0.2, -0.15) is 0 Å². The van der Waals surface area contributed by atoms with E-state index >= 15 is 0 Å². The molecule has 0 heterocycles. The first-order chi connectivity index (χ1) is 9.19. The van der Waals surface area contributed by atoms with E-state index in [0.29, 0.717) is 12.5 Å². The van der Waals surface area contributed by atoms with Crippen LogP contribution in [0.4, 0.5) is 0 Å². The summed E-state index contributed by atoms with van der Waals surface area (Å²) < 4.78 is 4.90. The lowest BCUT2D eigenvalue weighted by Crippen LogP contribution is -2.01. The summed E-state index contributed by atoms with van der Waals surface area (Å²) in [6, 6.07) is 10.2. The largest absolute Gasteiger partial charge is 0.466 e. The fraction of sp³-hybridized carbons (Fsp3) is 0.412. The molecular weight excluding hydrogens is 236 g/mol. The van der Waals surface area contributed by atoms with Crippen molar-refractivity contribution >= 4 is 11.5 Å². The van der Waals surface area contributed by atoms with Crippen LogP contribution in [0.15, 0.2) is 42.1 Å². The molecule has 19 heavy (non-hydrogen) atoms. The molecule has 0 aliphatic rings. The number of carbonyl (C=O) groups is 1. The SMILES string of the molecule is CCOC(=O)CC=C=C(c1ccccc1)C(C)CC. The average molecular weight is 258 g/mol. The summed E-state index contributed by atoms with van der Waals surface area (Å²) in [6.07, 6.45) is 3.09.